The predicted molar refractivity (Wildman–Crippen MR) is 130 cm³/mol. The Morgan fingerprint density at radius 2 is 1.85 bits per heavy atom. The summed E-state index contributed by atoms with van der Waals surface area (Å²) in [5.74, 6) is 1.08. The molecule has 1 saturated carbocycles. The fourth-order valence-electron chi connectivity index (χ4n) is 3.37. The summed E-state index contributed by atoms with van der Waals surface area (Å²) in [5, 5.41) is 7.37. The van der Waals surface area contributed by atoms with Gasteiger partial charge in [0.2, 0.25) is 5.91 Å². The zero-order chi connectivity index (χ0) is 23.2. The van der Waals surface area contributed by atoms with Crippen molar-refractivity contribution >= 4 is 40.2 Å². The molecule has 7 nitrogen and oxygen atoms in total. The summed E-state index contributed by atoms with van der Waals surface area (Å²) in [4.78, 5) is 30.1. The highest BCUT2D eigenvalue weighted by molar-refractivity contribution is 7.99. The van der Waals surface area contributed by atoms with Crippen molar-refractivity contribution in [1.29, 1.82) is 0 Å². The van der Waals surface area contributed by atoms with Crippen molar-refractivity contribution in [3.8, 4) is 11.5 Å². The number of hydrogen-bond acceptors (Lipinski definition) is 6. The quantitative estimate of drug-likeness (QED) is 0.424. The minimum Gasteiger partial charge on any atom is -0.494 e. The molecule has 33 heavy (non-hydrogen) atoms. The van der Waals surface area contributed by atoms with Gasteiger partial charge in [0, 0.05) is 17.5 Å². The highest BCUT2D eigenvalue weighted by Crippen LogP contribution is 2.30. The number of ether oxygens (including phenoxy) is 2. The molecule has 2 amide bonds. The molecule has 1 aromatic heterocycles. The molecule has 1 heterocycles. The van der Waals surface area contributed by atoms with Gasteiger partial charge in [-0.25, -0.2) is 4.98 Å². The maximum Gasteiger partial charge on any atom is 0.252 e. The Morgan fingerprint density at radius 3 is 2.61 bits per heavy atom. The maximum absolute atomic E-state index is 12.8. The Balaban J connectivity index is 1.48. The normalized spacial score (nSPS) is 12.9. The second kappa shape index (κ2) is 10.6. The molecule has 3 aromatic rings. The summed E-state index contributed by atoms with van der Waals surface area (Å²) in [5.41, 5.74) is 1.87. The number of nitrogens with one attached hydrogen (secondary N) is 2. The van der Waals surface area contributed by atoms with Crippen molar-refractivity contribution in [3.05, 3.63) is 54.1 Å². The molecular weight excluding hydrogens is 438 g/mol. The molecule has 0 spiro atoms. The van der Waals surface area contributed by atoms with Crippen molar-refractivity contribution in [2.45, 2.75) is 37.8 Å². The van der Waals surface area contributed by atoms with Gasteiger partial charge in [0.05, 0.1) is 40.8 Å². The number of aromatic nitrogens is 1. The molecule has 1 fully saturated rings. The highest BCUT2D eigenvalue weighted by atomic mass is 32.2. The summed E-state index contributed by atoms with van der Waals surface area (Å²) >= 11 is 1.29. The lowest BCUT2D eigenvalue weighted by atomic mass is 10.1. The van der Waals surface area contributed by atoms with Gasteiger partial charge in [0.15, 0.2) is 0 Å². The number of amides is 2. The topological polar surface area (TPSA) is 89.5 Å². The third-order valence-electron chi connectivity index (χ3n) is 5.04. The molecule has 0 aliphatic heterocycles. The lowest BCUT2D eigenvalue weighted by molar-refractivity contribution is -0.113. The van der Waals surface area contributed by atoms with E-state index in [2.05, 4.69) is 15.6 Å². The molecule has 2 aromatic carbocycles. The van der Waals surface area contributed by atoms with Crippen LogP contribution in [0, 0.1) is 0 Å². The van der Waals surface area contributed by atoms with E-state index in [1.54, 1.807) is 18.2 Å². The Hall–Kier alpha value is -3.26. The molecule has 0 unspecified atom stereocenters. The van der Waals surface area contributed by atoms with E-state index in [0.717, 1.165) is 23.7 Å². The average molecular weight is 466 g/mol. The predicted octanol–water partition coefficient (Wildman–Crippen LogP) is 4.66. The minimum absolute atomic E-state index is 0.100. The van der Waals surface area contributed by atoms with E-state index in [0.29, 0.717) is 41.0 Å². The molecule has 172 valence electrons. The maximum atomic E-state index is 12.8. The van der Waals surface area contributed by atoms with Gasteiger partial charge < -0.3 is 20.1 Å². The standard InChI is InChI=1S/C25H27N3O4S/c1-3-31-17-11-12-22(32-4-2)21(13-17)27-23(29)15-33-24-14-19(25(30)26-16-9-10-16)18-7-5-6-8-20(18)28-24/h5-8,11-14,16H,3-4,9-10,15H2,1-2H3,(H,26,30)(H,27,29). The molecule has 0 radical (unpaired) electrons. The van der Waals surface area contributed by atoms with Gasteiger partial charge in [-0.15, -0.1) is 0 Å². The second-order valence-electron chi connectivity index (χ2n) is 7.63. The van der Waals surface area contributed by atoms with Gasteiger partial charge in [-0.3, -0.25) is 9.59 Å². The SMILES string of the molecule is CCOc1ccc(OCC)c(NC(=O)CSc2cc(C(=O)NC3CC3)c3ccccc3n2)c1. The third kappa shape index (κ3) is 5.96. The highest BCUT2D eigenvalue weighted by Gasteiger charge is 2.25. The molecule has 0 atom stereocenters. The van der Waals surface area contributed by atoms with Crippen LogP contribution in [0.15, 0.2) is 53.6 Å². The van der Waals surface area contributed by atoms with Gasteiger partial charge in [-0.05, 0) is 51.0 Å². The van der Waals surface area contributed by atoms with Crippen LogP contribution in [0.25, 0.3) is 10.9 Å². The summed E-state index contributed by atoms with van der Waals surface area (Å²) in [7, 11) is 0. The fourth-order valence-corrected chi connectivity index (χ4v) is 4.09. The first-order chi connectivity index (χ1) is 16.1. The number of rotatable bonds is 10. The van der Waals surface area contributed by atoms with Gasteiger partial charge >= 0.3 is 0 Å². The van der Waals surface area contributed by atoms with Crippen LogP contribution in [0.4, 0.5) is 5.69 Å². The lowest BCUT2D eigenvalue weighted by Gasteiger charge is -2.14. The first-order valence-electron chi connectivity index (χ1n) is 11.1. The first kappa shape index (κ1) is 22.9. The van der Waals surface area contributed by atoms with Gasteiger partial charge in [-0.1, -0.05) is 30.0 Å². The molecule has 0 saturated heterocycles. The van der Waals surface area contributed by atoms with Crippen LogP contribution in [0.5, 0.6) is 11.5 Å². The Labute approximate surface area is 197 Å². The van der Waals surface area contributed by atoms with Crippen LogP contribution in [0.1, 0.15) is 37.0 Å². The molecule has 0 bridgehead atoms. The number of pyridine rings is 1. The lowest BCUT2D eigenvalue weighted by Crippen LogP contribution is -2.25. The number of nitrogens with zero attached hydrogens (tertiary/aromatic N) is 1. The number of hydrogen-bond donors (Lipinski definition) is 2. The first-order valence-corrected chi connectivity index (χ1v) is 12.1. The number of benzene rings is 2. The van der Waals surface area contributed by atoms with E-state index in [-0.39, 0.29) is 23.6 Å². The molecule has 1 aliphatic carbocycles. The van der Waals surface area contributed by atoms with E-state index in [9.17, 15) is 9.59 Å². The van der Waals surface area contributed by atoms with Crippen molar-refractivity contribution in [1.82, 2.24) is 10.3 Å². The van der Waals surface area contributed by atoms with Crippen LogP contribution >= 0.6 is 11.8 Å². The van der Waals surface area contributed by atoms with E-state index in [1.165, 1.54) is 11.8 Å². The van der Waals surface area contributed by atoms with E-state index in [1.807, 2.05) is 44.2 Å². The zero-order valence-electron chi connectivity index (χ0n) is 18.7. The molecule has 2 N–H and O–H groups in total. The molecule has 8 heteroatoms. The number of carbonyl (C=O) groups is 2. The number of para-hydroxylation sites is 1. The average Bonchev–Trinajstić information content (AvgIpc) is 3.63. The van der Waals surface area contributed by atoms with E-state index >= 15 is 0 Å². The monoisotopic (exact) mass is 465 g/mol. The van der Waals surface area contributed by atoms with Crippen LogP contribution in [-0.2, 0) is 4.79 Å². The Bertz CT molecular complexity index is 1160. The van der Waals surface area contributed by atoms with Crippen LogP contribution in [0.2, 0.25) is 0 Å². The zero-order valence-corrected chi connectivity index (χ0v) is 19.5. The van der Waals surface area contributed by atoms with E-state index < -0.39 is 0 Å². The van der Waals surface area contributed by atoms with Crippen LogP contribution < -0.4 is 20.1 Å². The Kier molecular flexibility index (Phi) is 7.34. The fraction of sp³-hybridized carbons (Fsp3) is 0.320. The van der Waals surface area contributed by atoms with Crippen LogP contribution in [-0.4, -0.2) is 41.8 Å². The number of fused-ring (bicyclic) bond motifs is 1. The largest absolute Gasteiger partial charge is 0.494 e. The van der Waals surface area contributed by atoms with Gasteiger partial charge in [-0.2, -0.15) is 0 Å². The summed E-state index contributed by atoms with van der Waals surface area (Å²) in [6.45, 7) is 4.81. The van der Waals surface area contributed by atoms with Crippen molar-refractivity contribution in [2.24, 2.45) is 0 Å². The summed E-state index contributed by atoms with van der Waals surface area (Å²) in [6, 6.07) is 14.9. The van der Waals surface area contributed by atoms with Crippen molar-refractivity contribution in [2.75, 3.05) is 24.3 Å². The van der Waals surface area contributed by atoms with Gasteiger partial charge in [0.1, 0.15) is 11.5 Å². The summed E-state index contributed by atoms with van der Waals surface area (Å²) < 4.78 is 11.2. The second-order valence-corrected chi connectivity index (χ2v) is 8.63. The third-order valence-corrected chi connectivity index (χ3v) is 5.95. The van der Waals surface area contributed by atoms with E-state index in [4.69, 9.17) is 9.47 Å². The minimum atomic E-state index is -0.200. The molecule has 1 aliphatic rings. The summed E-state index contributed by atoms with van der Waals surface area (Å²) in [6.07, 6.45) is 2.04. The molecular formula is C25H27N3O4S. The smallest absolute Gasteiger partial charge is 0.252 e. The van der Waals surface area contributed by atoms with Crippen molar-refractivity contribution < 1.29 is 19.1 Å². The van der Waals surface area contributed by atoms with Crippen molar-refractivity contribution in [3.63, 3.8) is 0 Å². The van der Waals surface area contributed by atoms with Gasteiger partial charge in [0.25, 0.3) is 5.91 Å². The van der Waals surface area contributed by atoms with Crippen LogP contribution in [0.3, 0.4) is 0 Å². The number of anilines is 1. The molecule has 4 rings (SSSR count). The Morgan fingerprint density at radius 1 is 1.06 bits per heavy atom. The number of thioether (sulfide) groups is 1. The number of carbonyl (C=O) groups excluding carboxylic acids is 2.